The molecule has 1 saturated carbocycles. The van der Waals surface area contributed by atoms with Crippen molar-refractivity contribution < 1.29 is 9.53 Å². The Labute approximate surface area is 177 Å². The quantitative estimate of drug-likeness (QED) is 0.632. The smallest absolute Gasteiger partial charge is 0.230 e. The molecule has 1 aliphatic carbocycles. The molecule has 1 aliphatic heterocycles. The van der Waals surface area contributed by atoms with Gasteiger partial charge >= 0.3 is 0 Å². The van der Waals surface area contributed by atoms with Crippen molar-refractivity contribution in [1.82, 2.24) is 9.80 Å². The van der Waals surface area contributed by atoms with Crippen LogP contribution in [0.3, 0.4) is 0 Å². The molecule has 0 N–H and O–H groups in total. The molecule has 0 unspecified atom stereocenters. The van der Waals surface area contributed by atoms with Crippen molar-refractivity contribution in [2.75, 3.05) is 57.8 Å². The van der Waals surface area contributed by atoms with E-state index < -0.39 is 0 Å². The number of nitrogens with zero attached hydrogens (tertiary/aromatic N) is 3. The molecule has 156 valence electrons. The van der Waals surface area contributed by atoms with Gasteiger partial charge in [-0.15, -0.1) is 11.3 Å². The monoisotopic (exact) mass is 413 g/mol. The van der Waals surface area contributed by atoms with Gasteiger partial charge in [-0.05, 0) is 55.0 Å². The molecule has 2 aromatic rings. The average molecular weight is 414 g/mol. The lowest BCUT2D eigenvalue weighted by atomic mass is 10.2. The molecule has 0 atom stereocenters. The van der Waals surface area contributed by atoms with Crippen LogP contribution < -0.4 is 9.64 Å². The van der Waals surface area contributed by atoms with E-state index in [9.17, 15) is 4.79 Å². The van der Waals surface area contributed by atoms with Gasteiger partial charge in [0.2, 0.25) is 5.91 Å². The number of anilines is 1. The van der Waals surface area contributed by atoms with Crippen molar-refractivity contribution in [3.05, 3.63) is 46.7 Å². The van der Waals surface area contributed by atoms with E-state index >= 15 is 0 Å². The number of hydrogen-bond acceptors (Lipinski definition) is 5. The van der Waals surface area contributed by atoms with Crippen LogP contribution >= 0.6 is 11.3 Å². The SMILES string of the molecule is COc1ccc(N(CCN2CCN(CCc3cccs3)CC2)C(=O)C2CC2)cc1. The van der Waals surface area contributed by atoms with Crippen molar-refractivity contribution in [3.8, 4) is 5.75 Å². The van der Waals surface area contributed by atoms with Crippen molar-refractivity contribution in [1.29, 1.82) is 0 Å². The summed E-state index contributed by atoms with van der Waals surface area (Å²) >= 11 is 1.85. The summed E-state index contributed by atoms with van der Waals surface area (Å²) in [7, 11) is 1.67. The maximum atomic E-state index is 12.9. The van der Waals surface area contributed by atoms with Gasteiger partial charge in [-0.1, -0.05) is 6.07 Å². The Bertz CT molecular complexity index is 766. The van der Waals surface area contributed by atoms with E-state index in [0.717, 1.165) is 76.5 Å². The molecule has 2 fully saturated rings. The Morgan fingerprint density at radius 1 is 1.07 bits per heavy atom. The van der Waals surface area contributed by atoms with Crippen LogP contribution in [0.25, 0.3) is 0 Å². The average Bonchev–Trinajstić information content (AvgIpc) is 3.49. The van der Waals surface area contributed by atoms with Crippen LogP contribution in [0.4, 0.5) is 5.69 Å². The molecule has 1 aromatic carbocycles. The van der Waals surface area contributed by atoms with E-state index in [1.54, 1.807) is 7.11 Å². The zero-order valence-electron chi connectivity index (χ0n) is 17.3. The fourth-order valence-corrected chi connectivity index (χ4v) is 4.58. The molecule has 1 saturated heterocycles. The Kier molecular flexibility index (Phi) is 6.85. The highest BCUT2D eigenvalue weighted by Gasteiger charge is 2.34. The predicted molar refractivity (Wildman–Crippen MR) is 119 cm³/mol. The molecule has 2 heterocycles. The zero-order valence-corrected chi connectivity index (χ0v) is 18.1. The standard InChI is InChI=1S/C23H31N3O2S/c1-28-21-8-6-20(7-9-21)26(23(27)19-4-5-19)17-16-25-14-12-24(13-15-25)11-10-22-3-2-18-29-22/h2-3,6-9,18-19H,4-5,10-17H2,1H3. The lowest BCUT2D eigenvalue weighted by molar-refractivity contribution is -0.119. The Hall–Kier alpha value is -1.89. The summed E-state index contributed by atoms with van der Waals surface area (Å²) in [4.78, 5) is 21.4. The third-order valence-corrected chi connectivity index (χ3v) is 6.87. The number of hydrogen-bond donors (Lipinski definition) is 0. The van der Waals surface area contributed by atoms with E-state index in [2.05, 4.69) is 27.3 Å². The Balaban J connectivity index is 1.27. The molecular weight excluding hydrogens is 382 g/mol. The molecule has 0 radical (unpaired) electrons. The summed E-state index contributed by atoms with van der Waals surface area (Å²) in [6, 6.07) is 12.2. The maximum absolute atomic E-state index is 12.9. The second-order valence-electron chi connectivity index (χ2n) is 7.97. The van der Waals surface area contributed by atoms with Crippen molar-refractivity contribution in [3.63, 3.8) is 0 Å². The summed E-state index contributed by atoms with van der Waals surface area (Å²) < 4.78 is 5.26. The number of benzene rings is 1. The minimum absolute atomic E-state index is 0.228. The number of thiophene rings is 1. The minimum Gasteiger partial charge on any atom is -0.497 e. The van der Waals surface area contributed by atoms with E-state index in [0.29, 0.717) is 0 Å². The number of piperazine rings is 1. The lowest BCUT2D eigenvalue weighted by Gasteiger charge is -2.36. The Morgan fingerprint density at radius 3 is 2.34 bits per heavy atom. The molecule has 2 aliphatic rings. The first-order chi connectivity index (χ1) is 14.2. The summed E-state index contributed by atoms with van der Waals surface area (Å²) in [6.45, 7) is 7.23. The molecule has 0 bridgehead atoms. The topological polar surface area (TPSA) is 36.0 Å². The van der Waals surface area contributed by atoms with Gasteiger partial charge in [-0.3, -0.25) is 9.69 Å². The molecule has 1 aromatic heterocycles. The molecule has 5 nitrogen and oxygen atoms in total. The van der Waals surface area contributed by atoms with E-state index in [1.165, 1.54) is 4.88 Å². The first-order valence-corrected chi connectivity index (χ1v) is 11.5. The van der Waals surface area contributed by atoms with Gasteiger partial charge in [0.15, 0.2) is 0 Å². The summed E-state index contributed by atoms with van der Waals surface area (Å²) in [5.74, 6) is 1.34. The van der Waals surface area contributed by atoms with Crippen molar-refractivity contribution in [2.45, 2.75) is 19.3 Å². The van der Waals surface area contributed by atoms with E-state index in [1.807, 2.05) is 40.5 Å². The minimum atomic E-state index is 0.228. The molecular formula is C23H31N3O2S. The van der Waals surface area contributed by atoms with Gasteiger partial charge in [-0.2, -0.15) is 0 Å². The Morgan fingerprint density at radius 2 is 1.76 bits per heavy atom. The predicted octanol–water partition coefficient (Wildman–Crippen LogP) is 3.36. The number of methoxy groups -OCH3 is 1. The number of carbonyl (C=O) groups excluding carboxylic acids is 1. The first kappa shape index (κ1) is 20.4. The van der Waals surface area contributed by atoms with E-state index in [4.69, 9.17) is 4.74 Å². The lowest BCUT2D eigenvalue weighted by Crippen LogP contribution is -2.49. The largest absolute Gasteiger partial charge is 0.497 e. The highest BCUT2D eigenvalue weighted by Crippen LogP contribution is 2.33. The van der Waals surface area contributed by atoms with Crippen LogP contribution in [0.1, 0.15) is 17.7 Å². The van der Waals surface area contributed by atoms with Crippen molar-refractivity contribution in [2.24, 2.45) is 5.92 Å². The third kappa shape index (κ3) is 5.59. The van der Waals surface area contributed by atoms with Gasteiger partial charge < -0.3 is 14.5 Å². The van der Waals surface area contributed by atoms with Gasteiger partial charge in [0.1, 0.15) is 5.75 Å². The maximum Gasteiger partial charge on any atom is 0.230 e. The fraction of sp³-hybridized carbons (Fsp3) is 0.522. The number of amides is 1. The number of ether oxygens (including phenoxy) is 1. The highest BCUT2D eigenvalue weighted by molar-refractivity contribution is 7.09. The molecule has 6 heteroatoms. The first-order valence-electron chi connectivity index (χ1n) is 10.7. The molecule has 4 rings (SSSR count). The summed E-state index contributed by atoms with van der Waals surface area (Å²) in [5.41, 5.74) is 0.984. The zero-order chi connectivity index (χ0) is 20.1. The normalized spacial score (nSPS) is 18.0. The summed E-state index contributed by atoms with van der Waals surface area (Å²) in [5, 5.41) is 2.16. The van der Waals surface area contributed by atoms with E-state index in [-0.39, 0.29) is 11.8 Å². The molecule has 29 heavy (non-hydrogen) atoms. The van der Waals surface area contributed by atoms with Crippen LogP contribution in [-0.4, -0.2) is 68.6 Å². The second-order valence-corrected chi connectivity index (χ2v) is 9.01. The molecule has 1 amide bonds. The van der Waals surface area contributed by atoms with Gasteiger partial charge in [-0.25, -0.2) is 0 Å². The van der Waals surface area contributed by atoms with Crippen LogP contribution in [0, 0.1) is 5.92 Å². The van der Waals surface area contributed by atoms with Crippen molar-refractivity contribution >= 4 is 22.9 Å². The van der Waals surface area contributed by atoms with Crippen LogP contribution in [0.5, 0.6) is 5.75 Å². The second kappa shape index (κ2) is 9.74. The van der Waals surface area contributed by atoms with Gasteiger partial charge in [0, 0.05) is 62.3 Å². The third-order valence-electron chi connectivity index (χ3n) is 5.94. The summed E-state index contributed by atoms with van der Waals surface area (Å²) in [6.07, 6.45) is 3.22. The number of carbonyl (C=O) groups is 1. The van der Waals surface area contributed by atoms with Gasteiger partial charge in [0.05, 0.1) is 7.11 Å². The number of rotatable bonds is 9. The highest BCUT2D eigenvalue weighted by atomic mass is 32.1. The van der Waals surface area contributed by atoms with Crippen LogP contribution in [-0.2, 0) is 11.2 Å². The van der Waals surface area contributed by atoms with Crippen LogP contribution in [0.15, 0.2) is 41.8 Å². The van der Waals surface area contributed by atoms with Crippen LogP contribution in [0.2, 0.25) is 0 Å². The van der Waals surface area contributed by atoms with Gasteiger partial charge in [0.25, 0.3) is 0 Å². The molecule has 0 spiro atoms. The fourth-order valence-electron chi connectivity index (χ4n) is 3.88.